The van der Waals surface area contributed by atoms with E-state index < -0.39 is 0 Å². The molecule has 0 atom stereocenters. The topological polar surface area (TPSA) is 46.3 Å². The molecule has 3 nitrogen and oxygen atoms in total. The summed E-state index contributed by atoms with van der Waals surface area (Å²) in [5.74, 6) is 0.417. The van der Waals surface area contributed by atoms with E-state index in [-0.39, 0.29) is 11.8 Å². The first kappa shape index (κ1) is 14.0. The number of carbonyl (C=O) groups is 1. The number of hydrogen-bond donors (Lipinski definition) is 1. The molecule has 0 radical (unpaired) electrons. The standard InChI is InChI=1S/C15H20N2OS/c1-10-4-3-5-13(11(10)2)15(18)17-8-6-12(7-9-17)14(16)19/h3-5,12H,6-9H2,1-2H3,(H2,16,19). The van der Waals surface area contributed by atoms with Crippen molar-refractivity contribution >= 4 is 23.1 Å². The van der Waals surface area contributed by atoms with E-state index in [0.717, 1.165) is 42.6 Å². The molecule has 1 saturated heterocycles. The maximum atomic E-state index is 12.5. The van der Waals surface area contributed by atoms with Gasteiger partial charge in [0.1, 0.15) is 0 Å². The van der Waals surface area contributed by atoms with E-state index in [0.29, 0.717) is 4.99 Å². The molecular weight excluding hydrogens is 256 g/mol. The first-order valence-corrected chi connectivity index (χ1v) is 7.06. The smallest absolute Gasteiger partial charge is 0.254 e. The summed E-state index contributed by atoms with van der Waals surface area (Å²) in [4.78, 5) is 15.0. The molecule has 1 fully saturated rings. The van der Waals surface area contributed by atoms with Crippen LogP contribution in [-0.4, -0.2) is 28.9 Å². The van der Waals surface area contributed by atoms with Crippen molar-refractivity contribution in [3.05, 3.63) is 34.9 Å². The number of benzene rings is 1. The maximum Gasteiger partial charge on any atom is 0.254 e. The van der Waals surface area contributed by atoms with Crippen molar-refractivity contribution in [3.8, 4) is 0 Å². The molecule has 0 saturated carbocycles. The highest BCUT2D eigenvalue weighted by atomic mass is 32.1. The third kappa shape index (κ3) is 2.95. The van der Waals surface area contributed by atoms with Crippen molar-refractivity contribution in [1.82, 2.24) is 4.90 Å². The van der Waals surface area contributed by atoms with Crippen molar-refractivity contribution in [3.63, 3.8) is 0 Å². The summed E-state index contributed by atoms with van der Waals surface area (Å²) in [7, 11) is 0. The zero-order chi connectivity index (χ0) is 14.0. The molecular formula is C15H20N2OS. The van der Waals surface area contributed by atoms with Crippen LogP contribution >= 0.6 is 12.2 Å². The lowest BCUT2D eigenvalue weighted by molar-refractivity contribution is 0.0709. The molecule has 1 heterocycles. The Hall–Kier alpha value is -1.42. The number of hydrogen-bond acceptors (Lipinski definition) is 2. The Kier molecular flexibility index (Phi) is 4.20. The fourth-order valence-electron chi connectivity index (χ4n) is 2.52. The molecule has 102 valence electrons. The lowest BCUT2D eigenvalue weighted by atomic mass is 9.95. The lowest BCUT2D eigenvalue weighted by Crippen LogP contribution is -2.41. The number of piperidine rings is 1. The van der Waals surface area contributed by atoms with Crippen LogP contribution in [0.15, 0.2) is 18.2 Å². The van der Waals surface area contributed by atoms with Gasteiger partial charge in [-0.25, -0.2) is 0 Å². The Balaban J connectivity index is 2.09. The summed E-state index contributed by atoms with van der Waals surface area (Å²) >= 11 is 5.03. The molecule has 1 aromatic rings. The first-order chi connectivity index (χ1) is 9.00. The van der Waals surface area contributed by atoms with Crippen molar-refractivity contribution in [2.24, 2.45) is 11.7 Å². The van der Waals surface area contributed by atoms with Gasteiger partial charge < -0.3 is 10.6 Å². The Morgan fingerprint density at radius 2 is 1.95 bits per heavy atom. The fraction of sp³-hybridized carbons (Fsp3) is 0.467. The van der Waals surface area contributed by atoms with Crippen LogP contribution in [-0.2, 0) is 0 Å². The predicted molar refractivity (Wildman–Crippen MR) is 81.3 cm³/mol. The summed E-state index contributed by atoms with van der Waals surface area (Å²) in [5.41, 5.74) is 8.71. The summed E-state index contributed by atoms with van der Waals surface area (Å²) < 4.78 is 0. The minimum Gasteiger partial charge on any atom is -0.393 e. The molecule has 4 heteroatoms. The van der Waals surface area contributed by atoms with Crippen LogP contribution < -0.4 is 5.73 Å². The van der Waals surface area contributed by atoms with Gasteiger partial charge in [-0.2, -0.15) is 0 Å². The van der Waals surface area contributed by atoms with Crippen LogP contribution in [0, 0.1) is 19.8 Å². The molecule has 19 heavy (non-hydrogen) atoms. The molecule has 0 spiro atoms. The van der Waals surface area contributed by atoms with Gasteiger partial charge in [-0.15, -0.1) is 0 Å². The quantitative estimate of drug-likeness (QED) is 0.844. The molecule has 1 aromatic carbocycles. The number of nitrogens with two attached hydrogens (primary N) is 1. The summed E-state index contributed by atoms with van der Waals surface area (Å²) in [6.07, 6.45) is 1.76. The molecule has 1 aliphatic heterocycles. The van der Waals surface area contributed by atoms with Gasteiger partial charge in [-0.05, 0) is 43.9 Å². The molecule has 2 N–H and O–H groups in total. The number of aryl methyl sites for hydroxylation is 1. The van der Waals surface area contributed by atoms with Crippen LogP contribution in [0.25, 0.3) is 0 Å². The van der Waals surface area contributed by atoms with E-state index in [2.05, 4.69) is 0 Å². The van der Waals surface area contributed by atoms with Crippen LogP contribution in [0.3, 0.4) is 0 Å². The normalized spacial score (nSPS) is 16.4. The number of nitrogens with zero attached hydrogens (tertiary/aromatic N) is 1. The van der Waals surface area contributed by atoms with Crippen LogP contribution in [0.1, 0.15) is 34.3 Å². The number of carbonyl (C=O) groups excluding carboxylic acids is 1. The molecule has 2 rings (SSSR count). The molecule has 0 unspecified atom stereocenters. The second kappa shape index (κ2) is 5.70. The van der Waals surface area contributed by atoms with Crippen LogP contribution in [0.4, 0.5) is 0 Å². The second-order valence-electron chi connectivity index (χ2n) is 5.22. The van der Waals surface area contributed by atoms with Crippen molar-refractivity contribution in [1.29, 1.82) is 0 Å². The average Bonchev–Trinajstić information content (AvgIpc) is 2.41. The minimum atomic E-state index is 0.127. The Labute approximate surface area is 119 Å². The monoisotopic (exact) mass is 276 g/mol. The first-order valence-electron chi connectivity index (χ1n) is 6.65. The van der Waals surface area contributed by atoms with Crippen molar-refractivity contribution < 1.29 is 4.79 Å². The number of amides is 1. The van der Waals surface area contributed by atoms with Gasteiger partial charge in [0.25, 0.3) is 5.91 Å². The largest absolute Gasteiger partial charge is 0.393 e. The van der Waals surface area contributed by atoms with Gasteiger partial charge in [-0.3, -0.25) is 4.79 Å². The van der Waals surface area contributed by atoms with Gasteiger partial charge in [0, 0.05) is 24.6 Å². The summed E-state index contributed by atoms with van der Waals surface area (Å²) in [5, 5.41) is 0. The Morgan fingerprint density at radius 3 is 2.53 bits per heavy atom. The average molecular weight is 276 g/mol. The van der Waals surface area contributed by atoms with Crippen molar-refractivity contribution in [2.75, 3.05) is 13.1 Å². The molecule has 1 aliphatic rings. The number of rotatable bonds is 2. The van der Waals surface area contributed by atoms with E-state index in [1.54, 1.807) is 0 Å². The highest BCUT2D eigenvalue weighted by Crippen LogP contribution is 2.21. The predicted octanol–water partition coefficient (Wildman–Crippen LogP) is 2.44. The number of thiocarbonyl (C=S) groups is 1. The molecule has 0 bridgehead atoms. The molecule has 1 amide bonds. The fourth-order valence-corrected chi connectivity index (χ4v) is 2.76. The van der Waals surface area contributed by atoms with Crippen LogP contribution in [0.2, 0.25) is 0 Å². The molecule has 0 aliphatic carbocycles. The van der Waals surface area contributed by atoms with Gasteiger partial charge in [0.2, 0.25) is 0 Å². The van der Waals surface area contributed by atoms with Gasteiger partial charge in [0.15, 0.2) is 0 Å². The minimum absolute atomic E-state index is 0.127. The SMILES string of the molecule is Cc1cccc(C(=O)N2CCC(C(N)=S)CC2)c1C. The highest BCUT2D eigenvalue weighted by molar-refractivity contribution is 7.80. The summed E-state index contributed by atoms with van der Waals surface area (Å²) in [6.45, 7) is 5.53. The van der Waals surface area contributed by atoms with E-state index in [1.807, 2.05) is 36.9 Å². The van der Waals surface area contributed by atoms with Gasteiger partial charge >= 0.3 is 0 Å². The van der Waals surface area contributed by atoms with E-state index in [4.69, 9.17) is 18.0 Å². The lowest BCUT2D eigenvalue weighted by Gasteiger charge is -2.32. The zero-order valence-electron chi connectivity index (χ0n) is 11.5. The maximum absolute atomic E-state index is 12.5. The highest BCUT2D eigenvalue weighted by Gasteiger charge is 2.25. The van der Waals surface area contributed by atoms with E-state index in [9.17, 15) is 4.79 Å². The van der Waals surface area contributed by atoms with Gasteiger partial charge in [0.05, 0.1) is 4.99 Å². The Bertz CT molecular complexity index is 505. The second-order valence-corrected chi connectivity index (χ2v) is 5.69. The third-order valence-corrected chi connectivity index (χ3v) is 4.35. The summed E-state index contributed by atoms with van der Waals surface area (Å²) in [6, 6.07) is 5.88. The van der Waals surface area contributed by atoms with E-state index in [1.165, 1.54) is 0 Å². The van der Waals surface area contributed by atoms with Gasteiger partial charge in [-0.1, -0.05) is 24.4 Å². The molecule has 0 aromatic heterocycles. The number of likely N-dealkylation sites (tertiary alicyclic amines) is 1. The van der Waals surface area contributed by atoms with Crippen molar-refractivity contribution in [2.45, 2.75) is 26.7 Å². The van der Waals surface area contributed by atoms with Crippen LogP contribution in [0.5, 0.6) is 0 Å². The zero-order valence-corrected chi connectivity index (χ0v) is 12.3. The Morgan fingerprint density at radius 1 is 1.32 bits per heavy atom. The van der Waals surface area contributed by atoms with E-state index >= 15 is 0 Å². The third-order valence-electron chi connectivity index (χ3n) is 4.02.